The Bertz CT molecular complexity index is 408. The number of amides is 1. The summed E-state index contributed by atoms with van der Waals surface area (Å²) in [5, 5.41) is 11.8. The average molecular weight is 234 g/mol. The molecule has 0 fully saturated rings. The van der Waals surface area contributed by atoms with E-state index in [1.165, 1.54) is 6.20 Å². The largest absolute Gasteiger partial charge is 0.392 e. The number of carbonyl (C=O) groups excluding carboxylic acids is 1. The van der Waals surface area contributed by atoms with Gasteiger partial charge in [-0.25, -0.2) is 0 Å². The van der Waals surface area contributed by atoms with Gasteiger partial charge in [0.05, 0.1) is 18.5 Å². The summed E-state index contributed by atoms with van der Waals surface area (Å²) in [5.41, 5.74) is 2.32. The number of hydrogen-bond donors (Lipinski definition) is 2. The Balaban J connectivity index is 2.77. The van der Waals surface area contributed by atoms with E-state index in [-0.39, 0.29) is 12.5 Å². The van der Waals surface area contributed by atoms with E-state index in [2.05, 4.69) is 10.3 Å². The minimum atomic E-state index is -0.175. The van der Waals surface area contributed by atoms with E-state index in [0.717, 1.165) is 18.4 Å². The molecule has 0 saturated heterocycles. The van der Waals surface area contributed by atoms with Crippen LogP contribution in [0.15, 0.2) is 30.1 Å². The van der Waals surface area contributed by atoms with Crippen molar-refractivity contribution in [1.82, 2.24) is 4.98 Å². The van der Waals surface area contributed by atoms with Crippen LogP contribution in [0.5, 0.6) is 0 Å². The number of rotatable bonds is 5. The minimum Gasteiger partial charge on any atom is -0.392 e. The molecule has 92 valence electrons. The second-order valence-electron chi connectivity index (χ2n) is 3.69. The fourth-order valence-corrected chi connectivity index (χ4v) is 1.48. The molecule has 0 radical (unpaired) electrons. The Morgan fingerprint density at radius 3 is 2.76 bits per heavy atom. The number of carbonyl (C=O) groups is 1. The molecule has 1 aromatic heterocycles. The Hall–Kier alpha value is -1.68. The van der Waals surface area contributed by atoms with E-state index in [9.17, 15) is 4.79 Å². The first kappa shape index (κ1) is 13.4. The molecule has 1 amide bonds. The van der Waals surface area contributed by atoms with Crippen LogP contribution in [0, 0.1) is 0 Å². The molecular weight excluding hydrogens is 216 g/mol. The van der Waals surface area contributed by atoms with Crippen LogP contribution in [-0.4, -0.2) is 16.0 Å². The predicted molar refractivity (Wildman–Crippen MR) is 67.5 cm³/mol. The summed E-state index contributed by atoms with van der Waals surface area (Å²) in [6.07, 6.45) is 6.46. The molecule has 1 heterocycles. The third-order valence-corrected chi connectivity index (χ3v) is 2.58. The summed E-state index contributed by atoms with van der Waals surface area (Å²) >= 11 is 0. The summed E-state index contributed by atoms with van der Waals surface area (Å²) in [5.74, 6) is -0.175. The highest BCUT2D eigenvalue weighted by atomic mass is 16.3. The zero-order valence-corrected chi connectivity index (χ0v) is 10.2. The van der Waals surface area contributed by atoms with Crippen molar-refractivity contribution in [2.75, 3.05) is 5.32 Å². The molecule has 0 aliphatic heterocycles. The molecule has 0 aromatic carbocycles. The molecule has 4 nitrogen and oxygen atoms in total. The maximum Gasteiger partial charge on any atom is 0.248 e. The molecule has 0 saturated carbocycles. The Kier molecular flexibility index (Phi) is 5.36. The van der Waals surface area contributed by atoms with Gasteiger partial charge in [-0.3, -0.25) is 9.78 Å². The number of pyridine rings is 1. The third-order valence-electron chi connectivity index (χ3n) is 2.58. The molecule has 0 spiro atoms. The lowest BCUT2D eigenvalue weighted by atomic mass is 10.1. The second-order valence-corrected chi connectivity index (χ2v) is 3.69. The fourth-order valence-electron chi connectivity index (χ4n) is 1.48. The average Bonchev–Trinajstić information content (AvgIpc) is 2.36. The first-order valence-corrected chi connectivity index (χ1v) is 5.75. The van der Waals surface area contributed by atoms with E-state index in [1.807, 2.05) is 13.8 Å². The van der Waals surface area contributed by atoms with E-state index in [0.29, 0.717) is 11.3 Å². The lowest BCUT2D eigenvalue weighted by Crippen LogP contribution is -2.11. The van der Waals surface area contributed by atoms with E-state index in [4.69, 9.17) is 5.11 Å². The molecule has 1 rings (SSSR count). The number of nitrogens with one attached hydrogen (secondary N) is 1. The minimum absolute atomic E-state index is 0.115. The summed E-state index contributed by atoms with van der Waals surface area (Å²) in [6.45, 7) is 3.92. The van der Waals surface area contributed by atoms with Crippen molar-refractivity contribution in [3.05, 3.63) is 35.7 Å². The third kappa shape index (κ3) is 4.00. The van der Waals surface area contributed by atoms with Gasteiger partial charge >= 0.3 is 0 Å². The van der Waals surface area contributed by atoms with Gasteiger partial charge < -0.3 is 10.4 Å². The smallest absolute Gasteiger partial charge is 0.248 e. The molecule has 0 atom stereocenters. The quantitative estimate of drug-likeness (QED) is 0.768. The molecule has 0 aliphatic rings. The lowest BCUT2D eigenvalue weighted by molar-refractivity contribution is -0.112. The Morgan fingerprint density at radius 1 is 1.47 bits per heavy atom. The van der Waals surface area contributed by atoms with Crippen LogP contribution >= 0.6 is 0 Å². The zero-order valence-electron chi connectivity index (χ0n) is 10.2. The second kappa shape index (κ2) is 6.81. The molecular formula is C13H18N2O2. The molecule has 0 aliphatic carbocycles. The van der Waals surface area contributed by atoms with Gasteiger partial charge in [0.15, 0.2) is 0 Å². The number of aromatic nitrogens is 1. The number of allylic oxidation sites excluding steroid dienone is 1. The van der Waals surface area contributed by atoms with Crippen molar-refractivity contribution in [3.63, 3.8) is 0 Å². The van der Waals surface area contributed by atoms with Crippen LogP contribution in [0.1, 0.15) is 32.3 Å². The van der Waals surface area contributed by atoms with Gasteiger partial charge in [-0.2, -0.15) is 0 Å². The zero-order chi connectivity index (χ0) is 12.7. The Morgan fingerprint density at radius 2 is 2.18 bits per heavy atom. The van der Waals surface area contributed by atoms with Gasteiger partial charge in [-0.1, -0.05) is 19.4 Å². The van der Waals surface area contributed by atoms with Gasteiger partial charge in [-0.15, -0.1) is 0 Å². The number of nitrogens with zero attached hydrogens (tertiary/aromatic N) is 1. The number of aliphatic hydroxyl groups is 1. The van der Waals surface area contributed by atoms with Crippen LogP contribution in [0.4, 0.5) is 5.69 Å². The van der Waals surface area contributed by atoms with Crippen LogP contribution < -0.4 is 5.32 Å². The Labute approximate surface area is 101 Å². The van der Waals surface area contributed by atoms with Crippen LogP contribution in [0.25, 0.3) is 0 Å². The maximum atomic E-state index is 11.7. The summed E-state index contributed by atoms with van der Waals surface area (Å²) in [7, 11) is 0. The lowest BCUT2D eigenvalue weighted by Gasteiger charge is -2.07. The van der Waals surface area contributed by atoms with Crippen molar-refractivity contribution in [2.24, 2.45) is 0 Å². The van der Waals surface area contributed by atoms with Gasteiger partial charge in [0.2, 0.25) is 5.91 Å². The standard InChI is InChI=1S/C13H18N2O2/c1-3-10(4-2)7-13(17)15-12-8-14-6-5-11(12)9-16/h5-8,16H,3-4,9H2,1-2H3,(H,15,17). The summed E-state index contributed by atoms with van der Waals surface area (Å²) in [4.78, 5) is 15.6. The SMILES string of the molecule is CCC(=CC(=O)Nc1cnccc1CO)CC. The van der Waals surface area contributed by atoms with Crippen LogP contribution in [-0.2, 0) is 11.4 Å². The fraction of sp³-hybridized carbons (Fsp3) is 0.385. The topological polar surface area (TPSA) is 62.2 Å². The number of aliphatic hydroxyl groups excluding tert-OH is 1. The predicted octanol–water partition coefficient (Wildman–Crippen LogP) is 2.26. The normalized spacial score (nSPS) is 9.82. The molecule has 17 heavy (non-hydrogen) atoms. The molecule has 0 unspecified atom stereocenters. The first-order chi connectivity index (χ1) is 8.21. The van der Waals surface area contributed by atoms with Crippen molar-refractivity contribution in [3.8, 4) is 0 Å². The summed E-state index contributed by atoms with van der Waals surface area (Å²) < 4.78 is 0. The van der Waals surface area contributed by atoms with E-state index < -0.39 is 0 Å². The van der Waals surface area contributed by atoms with Gasteiger partial charge in [-0.05, 0) is 18.9 Å². The molecule has 2 N–H and O–H groups in total. The molecule has 4 heteroatoms. The van der Waals surface area contributed by atoms with Crippen molar-refractivity contribution in [2.45, 2.75) is 33.3 Å². The molecule has 0 bridgehead atoms. The van der Waals surface area contributed by atoms with Crippen LogP contribution in [0.3, 0.4) is 0 Å². The van der Waals surface area contributed by atoms with E-state index in [1.54, 1.807) is 18.3 Å². The van der Waals surface area contributed by atoms with Crippen LogP contribution in [0.2, 0.25) is 0 Å². The summed E-state index contributed by atoms with van der Waals surface area (Å²) in [6, 6.07) is 1.68. The highest BCUT2D eigenvalue weighted by Crippen LogP contribution is 2.13. The number of anilines is 1. The molecule has 1 aromatic rings. The highest BCUT2D eigenvalue weighted by molar-refractivity contribution is 6.00. The van der Waals surface area contributed by atoms with Crippen molar-refractivity contribution < 1.29 is 9.90 Å². The van der Waals surface area contributed by atoms with E-state index >= 15 is 0 Å². The monoisotopic (exact) mass is 234 g/mol. The first-order valence-electron chi connectivity index (χ1n) is 5.75. The van der Waals surface area contributed by atoms with Crippen molar-refractivity contribution >= 4 is 11.6 Å². The maximum absolute atomic E-state index is 11.7. The van der Waals surface area contributed by atoms with Crippen molar-refractivity contribution in [1.29, 1.82) is 0 Å². The number of hydrogen-bond acceptors (Lipinski definition) is 3. The van der Waals surface area contributed by atoms with Gasteiger partial charge in [0.25, 0.3) is 0 Å². The van der Waals surface area contributed by atoms with Gasteiger partial charge in [0.1, 0.15) is 0 Å². The van der Waals surface area contributed by atoms with Gasteiger partial charge in [0, 0.05) is 17.8 Å². The highest BCUT2D eigenvalue weighted by Gasteiger charge is 2.04.